The molecule has 1 N–H and O–H groups in total. The Balaban J connectivity index is 0.000000215. The molecule has 0 saturated carbocycles. The van der Waals surface area contributed by atoms with E-state index >= 15 is 0 Å². The average molecular weight is 630 g/mol. The van der Waals surface area contributed by atoms with Crippen LogP contribution < -0.4 is 10.2 Å². The Kier molecular flexibility index (Phi) is 12.4. The van der Waals surface area contributed by atoms with E-state index in [1.165, 1.54) is 12.1 Å². The summed E-state index contributed by atoms with van der Waals surface area (Å²) in [6.45, 7) is 0.342. The summed E-state index contributed by atoms with van der Waals surface area (Å²) in [6.07, 6.45) is 5.33. The van der Waals surface area contributed by atoms with Gasteiger partial charge in [-0.3, -0.25) is 9.59 Å². The van der Waals surface area contributed by atoms with Gasteiger partial charge in [0.05, 0.1) is 6.54 Å². The minimum absolute atomic E-state index is 0.0267. The van der Waals surface area contributed by atoms with Crippen molar-refractivity contribution in [1.82, 2.24) is 9.97 Å². The molecule has 2 aromatic heterocycles. The van der Waals surface area contributed by atoms with E-state index in [2.05, 4.69) is 15.3 Å². The first-order valence-electron chi connectivity index (χ1n) is 14.0. The lowest BCUT2D eigenvalue weighted by atomic mass is 10.1. The van der Waals surface area contributed by atoms with Crippen molar-refractivity contribution in [3.63, 3.8) is 0 Å². The number of benzene rings is 3. The van der Waals surface area contributed by atoms with Crippen LogP contribution in [0.25, 0.3) is 0 Å². The van der Waals surface area contributed by atoms with E-state index in [1.807, 2.05) is 60.7 Å². The molecule has 0 radical (unpaired) electrons. The first-order chi connectivity index (χ1) is 21.4. The van der Waals surface area contributed by atoms with Crippen molar-refractivity contribution in [1.29, 1.82) is 0 Å². The highest BCUT2D eigenvalue weighted by atomic mass is 35.5. The number of carbonyl (C=O) groups excluding carboxylic acids is 2. The van der Waals surface area contributed by atoms with Crippen molar-refractivity contribution in [2.24, 2.45) is 0 Å². The van der Waals surface area contributed by atoms with Gasteiger partial charge >= 0.3 is 0 Å². The van der Waals surface area contributed by atoms with E-state index in [0.29, 0.717) is 47.5 Å². The summed E-state index contributed by atoms with van der Waals surface area (Å²) >= 11 is 11.7. The number of aryl methyl sites for hydroxylation is 2. The van der Waals surface area contributed by atoms with Gasteiger partial charge in [-0.2, -0.15) is 0 Å². The van der Waals surface area contributed by atoms with E-state index in [-0.39, 0.29) is 17.6 Å². The number of nitrogens with zero attached hydrogens (tertiary/aromatic N) is 3. The van der Waals surface area contributed by atoms with E-state index in [9.17, 15) is 14.0 Å². The molecule has 5 aromatic rings. The molecule has 44 heavy (non-hydrogen) atoms. The Morgan fingerprint density at radius 3 is 1.84 bits per heavy atom. The van der Waals surface area contributed by atoms with Gasteiger partial charge in [-0.05, 0) is 65.9 Å². The van der Waals surface area contributed by atoms with Crippen LogP contribution >= 0.6 is 23.2 Å². The van der Waals surface area contributed by atoms with Crippen LogP contribution in [0.4, 0.5) is 15.8 Å². The average Bonchev–Trinajstić information content (AvgIpc) is 3.04. The molecule has 0 fully saturated rings. The second-order valence-corrected chi connectivity index (χ2v) is 10.6. The number of carbonyl (C=O) groups is 2. The summed E-state index contributed by atoms with van der Waals surface area (Å²) < 4.78 is 13.2. The molecule has 2 heterocycles. The fourth-order valence-corrected chi connectivity index (χ4v) is 4.64. The van der Waals surface area contributed by atoms with Crippen LogP contribution in [0, 0.1) is 5.82 Å². The number of rotatable bonds is 10. The molecule has 0 spiro atoms. The van der Waals surface area contributed by atoms with Gasteiger partial charge in [-0.15, -0.1) is 0 Å². The smallest absolute Gasteiger partial charge is 0.227 e. The molecule has 0 aliphatic heterocycles. The molecule has 0 unspecified atom stereocenters. The zero-order valence-corrected chi connectivity index (χ0v) is 25.4. The van der Waals surface area contributed by atoms with Crippen molar-refractivity contribution >= 4 is 46.4 Å². The second-order valence-electron chi connectivity index (χ2n) is 9.83. The minimum Gasteiger partial charge on any atom is -0.326 e. The van der Waals surface area contributed by atoms with Crippen LogP contribution in [-0.2, 0) is 29.0 Å². The first kappa shape index (κ1) is 32.3. The summed E-state index contributed by atoms with van der Waals surface area (Å²) in [6, 6.07) is 32.7. The van der Waals surface area contributed by atoms with Crippen LogP contribution in [0.2, 0.25) is 10.3 Å². The van der Waals surface area contributed by atoms with Crippen LogP contribution in [0.1, 0.15) is 29.5 Å². The Hall–Kier alpha value is -4.59. The quantitative estimate of drug-likeness (QED) is 0.158. The molecule has 9 heteroatoms. The van der Waals surface area contributed by atoms with Gasteiger partial charge in [-0.25, -0.2) is 14.4 Å². The predicted molar refractivity (Wildman–Crippen MR) is 174 cm³/mol. The monoisotopic (exact) mass is 628 g/mol. The highest BCUT2D eigenvalue weighted by Crippen LogP contribution is 2.22. The molecule has 3 aromatic carbocycles. The number of halogens is 3. The van der Waals surface area contributed by atoms with Crippen LogP contribution in [-0.4, -0.2) is 21.8 Å². The number of aromatic nitrogens is 2. The fourth-order valence-electron chi connectivity index (χ4n) is 4.29. The molecule has 6 nitrogen and oxygen atoms in total. The maximum Gasteiger partial charge on any atom is 0.227 e. The zero-order chi connectivity index (χ0) is 31.1. The predicted octanol–water partition coefficient (Wildman–Crippen LogP) is 8.35. The third-order valence-electron chi connectivity index (χ3n) is 6.54. The van der Waals surface area contributed by atoms with Crippen molar-refractivity contribution in [3.8, 4) is 0 Å². The van der Waals surface area contributed by atoms with Gasteiger partial charge in [-0.1, -0.05) is 96.0 Å². The van der Waals surface area contributed by atoms with Gasteiger partial charge in [0.1, 0.15) is 16.1 Å². The van der Waals surface area contributed by atoms with E-state index in [1.54, 1.807) is 53.7 Å². The maximum absolute atomic E-state index is 13.2. The third kappa shape index (κ3) is 10.9. The molecule has 224 valence electrons. The lowest BCUT2D eigenvalue weighted by Gasteiger charge is -2.23. The molecular weight excluding hydrogens is 598 g/mol. The molecule has 2 amide bonds. The Morgan fingerprint density at radius 1 is 0.682 bits per heavy atom. The zero-order valence-electron chi connectivity index (χ0n) is 23.9. The molecule has 0 saturated heterocycles. The van der Waals surface area contributed by atoms with Crippen molar-refractivity contribution in [2.75, 3.05) is 10.2 Å². The number of hydrogen-bond donors (Lipinski definition) is 1. The number of hydrogen-bond acceptors (Lipinski definition) is 4. The summed E-state index contributed by atoms with van der Waals surface area (Å²) in [4.78, 5) is 34.1. The maximum atomic E-state index is 13.2. The normalized spacial score (nSPS) is 10.3. The Labute approximate surface area is 266 Å². The molecule has 0 atom stereocenters. The Morgan fingerprint density at radius 2 is 1.25 bits per heavy atom. The van der Waals surface area contributed by atoms with Crippen LogP contribution in [0.3, 0.4) is 0 Å². The third-order valence-corrected chi connectivity index (χ3v) is 6.95. The van der Waals surface area contributed by atoms with Gasteiger partial charge < -0.3 is 10.2 Å². The summed E-state index contributed by atoms with van der Waals surface area (Å²) in [7, 11) is 0. The van der Waals surface area contributed by atoms with E-state index in [0.717, 1.165) is 23.1 Å². The van der Waals surface area contributed by atoms with Crippen molar-refractivity contribution in [3.05, 3.63) is 154 Å². The summed E-state index contributed by atoms with van der Waals surface area (Å²) in [5, 5.41) is 3.48. The lowest BCUT2D eigenvalue weighted by molar-refractivity contribution is -0.119. The van der Waals surface area contributed by atoms with E-state index < -0.39 is 0 Å². The number of anilines is 2. The van der Waals surface area contributed by atoms with Gasteiger partial charge in [0, 0.05) is 36.6 Å². The number of pyridine rings is 2. The highest BCUT2D eigenvalue weighted by Gasteiger charge is 2.17. The largest absolute Gasteiger partial charge is 0.326 e. The summed E-state index contributed by atoms with van der Waals surface area (Å²) in [5.74, 6) is -0.357. The number of nitrogens with one attached hydrogen (secondary N) is 1. The molecule has 0 aliphatic rings. The molecule has 0 bridgehead atoms. The molecule has 5 rings (SSSR count). The van der Waals surface area contributed by atoms with Crippen molar-refractivity contribution in [2.45, 2.75) is 32.2 Å². The topological polar surface area (TPSA) is 75.2 Å². The SMILES string of the molecule is O=C(CCc1ccccc1)N(Cc1ccc(F)cc1)c1ccnc(Cl)c1.O=C(CCc1ccccc1)Nc1ccnc(Cl)c1. The first-order valence-corrected chi connectivity index (χ1v) is 14.8. The van der Waals surface area contributed by atoms with Crippen molar-refractivity contribution < 1.29 is 14.0 Å². The number of amides is 2. The molecule has 0 aliphatic carbocycles. The van der Waals surface area contributed by atoms with Crippen LogP contribution in [0.15, 0.2) is 122 Å². The molecular formula is C35H31Cl2FN4O2. The standard InChI is InChI=1S/C21H18ClFN2O.C14H13ClN2O/c22-20-14-19(12-13-24-20)25(15-17-6-9-18(23)10-7-17)21(26)11-8-16-4-2-1-3-5-16;15-13-10-12(8-9-16-13)17-14(18)7-6-11-4-2-1-3-5-11/h1-7,9-10,12-14H,8,11,15H2;1-5,8-10H,6-7H2,(H,16,17,18). The lowest BCUT2D eigenvalue weighted by Crippen LogP contribution is -2.30. The minimum atomic E-state index is -0.303. The van der Waals surface area contributed by atoms with Crippen LogP contribution in [0.5, 0.6) is 0 Å². The Bertz CT molecular complexity index is 1640. The second kappa shape index (κ2) is 16.9. The van der Waals surface area contributed by atoms with E-state index in [4.69, 9.17) is 23.2 Å². The highest BCUT2D eigenvalue weighted by molar-refractivity contribution is 6.30. The fraction of sp³-hybridized carbons (Fsp3) is 0.143. The summed E-state index contributed by atoms with van der Waals surface area (Å²) in [5.41, 5.74) is 4.45. The van der Waals surface area contributed by atoms with Gasteiger partial charge in [0.25, 0.3) is 0 Å². The van der Waals surface area contributed by atoms with Gasteiger partial charge in [0.15, 0.2) is 0 Å². The van der Waals surface area contributed by atoms with Gasteiger partial charge in [0.2, 0.25) is 11.8 Å².